The molecular weight excluding hydrogens is 330 g/mol. The Labute approximate surface area is 144 Å². The monoisotopic (exact) mass is 359 g/mol. The summed E-state index contributed by atoms with van der Waals surface area (Å²) in [6.45, 7) is 8.96. The summed E-state index contributed by atoms with van der Waals surface area (Å²) < 4.78 is 34.8. The van der Waals surface area contributed by atoms with Crippen LogP contribution in [0.15, 0.2) is 4.90 Å². The van der Waals surface area contributed by atoms with E-state index in [1.165, 1.54) is 0 Å². The summed E-state index contributed by atoms with van der Waals surface area (Å²) in [5.74, 6) is 0.190. The predicted molar refractivity (Wildman–Crippen MR) is 91.4 cm³/mol. The number of aromatic nitrogens is 2. The molecule has 1 aliphatic heterocycles. The number of hydrogen-bond acceptors (Lipinski definition) is 5. The van der Waals surface area contributed by atoms with Crippen LogP contribution in [0.4, 0.5) is 0 Å². The normalized spacial score (nSPS) is 18.2. The summed E-state index contributed by atoms with van der Waals surface area (Å²) >= 11 is 0. The lowest BCUT2D eigenvalue weighted by Gasteiger charge is -2.26. The maximum absolute atomic E-state index is 12.6. The number of aliphatic hydroxyl groups excluding tert-OH is 1. The Bertz CT molecular complexity index is 649. The van der Waals surface area contributed by atoms with E-state index in [0.29, 0.717) is 31.0 Å². The summed E-state index contributed by atoms with van der Waals surface area (Å²) in [5, 5.41) is 14.5. The van der Waals surface area contributed by atoms with Crippen LogP contribution in [0.25, 0.3) is 0 Å². The molecule has 0 unspecified atom stereocenters. The van der Waals surface area contributed by atoms with Crippen molar-refractivity contribution < 1.29 is 18.3 Å². The van der Waals surface area contributed by atoms with E-state index < -0.39 is 16.1 Å². The molecule has 138 valence electrons. The molecule has 1 atom stereocenters. The number of rotatable bonds is 7. The van der Waals surface area contributed by atoms with Gasteiger partial charge in [-0.05, 0) is 52.9 Å². The molecule has 1 fully saturated rings. The van der Waals surface area contributed by atoms with Crippen molar-refractivity contribution in [1.82, 2.24) is 14.5 Å². The second-order valence-corrected chi connectivity index (χ2v) is 8.45. The van der Waals surface area contributed by atoms with Crippen molar-refractivity contribution >= 4 is 10.0 Å². The van der Waals surface area contributed by atoms with Gasteiger partial charge in [0.15, 0.2) is 0 Å². The highest BCUT2D eigenvalue weighted by molar-refractivity contribution is 7.89. The molecule has 0 bridgehead atoms. The molecule has 2 N–H and O–H groups in total. The van der Waals surface area contributed by atoms with Crippen LogP contribution in [-0.2, 0) is 14.8 Å². The highest BCUT2D eigenvalue weighted by atomic mass is 32.2. The van der Waals surface area contributed by atoms with Crippen molar-refractivity contribution in [2.75, 3.05) is 19.8 Å². The quantitative estimate of drug-likeness (QED) is 0.770. The number of nitrogens with zero attached hydrogens (tertiary/aromatic N) is 2. The van der Waals surface area contributed by atoms with Gasteiger partial charge in [-0.25, -0.2) is 13.1 Å². The number of aliphatic hydroxyl groups is 1. The van der Waals surface area contributed by atoms with E-state index in [1.807, 2.05) is 13.8 Å². The fourth-order valence-corrected chi connectivity index (χ4v) is 4.73. The van der Waals surface area contributed by atoms with E-state index in [0.717, 1.165) is 12.8 Å². The first-order chi connectivity index (χ1) is 11.2. The first-order valence-electron chi connectivity index (χ1n) is 8.55. The van der Waals surface area contributed by atoms with Crippen LogP contribution < -0.4 is 4.72 Å². The van der Waals surface area contributed by atoms with E-state index in [4.69, 9.17) is 4.74 Å². The number of nitrogens with one attached hydrogen (secondary N) is 1. The Morgan fingerprint density at radius 3 is 2.50 bits per heavy atom. The Hall–Kier alpha value is -0.960. The van der Waals surface area contributed by atoms with Gasteiger partial charge in [-0.3, -0.25) is 4.68 Å². The second-order valence-electron chi connectivity index (χ2n) is 6.74. The van der Waals surface area contributed by atoms with Crippen LogP contribution >= 0.6 is 0 Å². The predicted octanol–water partition coefficient (Wildman–Crippen LogP) is 1.54. The molecule has 1 saturated heterocycles. The SMILES string of the molecule is Cc1nn(C(C)C)c(C)c1S(=O)(=O)NCC[C@H](O)C1CCOCC1. The molecule has 0 amide bonds. The first kappa shape index (κ1) is 19.4. The minimum absolute atomic E-state index is 0.1000. The largest absolute Gasteiger partial charge is 0.393 e. The maximum atomic E-state index is 12.6. The minimum Gasteiger partial charge on any atom is -0.393 e. The number of ether oxygens (including phenoxy) is 1. The summed E-state index contributed by atoms with van der Waals surface area (Å²) in [6, 6.07) is 0.1000. The molecule has 24 heavy (non-hydrogen) atoms. The fraction of sp³-hybridized carbons (Fsp3) is 0.812. The molecule has 2 heterocycles. The lowest BCUT2D eigenvalue weighted by Crippen LogP contribution is -2.32. The van der Waals surface area contributed by atoms with Gasteiger partial charge in [0.2, 0.25) is 10.0 Å². The van der Waals surface area contributed by atoms with Crippen molar-refractivity contribution in [3.05, 3.63) is 11.4 Å². The number of hydrogen-bond donors (Lipinski definition) is 2. The zero-order valence-electron chi connectivity index (χ0n) is 14.9. The smallest absolute Gasteiger partial charge is 0.244 e. The molecule has 0 spiro atoms. The Morgan fingerprint density at radius 1 is 1.33 bits per heavy atom. The average Bonchev–Trinajstić information content (AvgIpc) is 2.83. The molecule has 1 aromatic heterocycles. The van der Waals surface area contributed by atoms with E-state index >= 15 is 0 Å². The van der Waals surface area contributed by atoms with Crippen molar-refractivity contribution in [3.8, 4) is 0 Å². The van der Waals surface area contributed by atoms with Crippen LogP contribution in [0.1, 0.15) is 50.5 Å². The Balaban J connectivity index is 1.99. The molecule has 0 radical (unpaired) electrons. The lowest BCUT2D eigenvalue weighted by atomic mass is 9.92. The third kappa shape index (κ3) is 4.36. The van der Waals surface area contributed by atoms with Crippen LogP contribution in [0, 0.1) is 19.8 Å². The van der Waals surface area contributed by atoms with Crippen molar-refractivity contribution in [2.24, 2.45) is 5.92 Å². The molecule has 8 heteroatoms. The third-order valence-electron chi connectivity index (χ3n) is 4.56. The van der Waals surface area contributed by atoms with Gasteiger partial charge >= 0.3 is 0 Å². The first-order valence-corrected chi connectivity index (χ1v) is 10.0. The topological polar surface area (TPSA) is 93.5 Å². The molecule has 1 aromatic rings. The lowest BCUT2D eigenvalue weighted by molar-refractivity contribution is 0.00567. The van der Waals surface area contributed by atoms with Crippen molar-refractivity contribution in [1.29, 1.82) is 0 Å². The van der Waals surface area contributed by atoms with Gasteiger partial charge < -0.3 is 9.84 Å². The zero-order valence-corrected chi connectivity index (χ0v) is 15.8. The number of aryl methyl sites for hydroxylation is 1. The van der Waals surface area contributed by atoms with Crippen LogP contribution in [-0.4, -0.2) is 49.2 Å². The van der Waals surface area contributed by atoms with Crippen LogP contribution in [0.5, 0.6) is 0 Å². The van der Waals surface area contributed by atoms with Gasteiger partial charge in [0.1, 0.15) is 4.90 Å². The summed E-state index contributed by atoms with van der Waals surface area (Å²) in [5.41, 5.74) is 1.14. The molecule has 7 nitrogen and oxygen atoms in total. The molecule has 2 rings (SSSR count). The molecular formula is C16H29N3O4S. The molecule has 1 aliphatic rings. The van der Waals surface area contributed by atoms with Crippen LogP contribution in [0.2, 0.25) is 0 Å². The van der Waals surface area contributed by atoms with Crippen LogP contribution in [0.3, 0.4) is 0 Å². The van der Waals surface area contributed by atoms with E-state index in [2.05, 4.69) is 9.82 Å². The maximum Gasteiger partial charge on any atom is 0.244 e. The van der Waals surface area contributed by atoms with Gasteiger partial charge in [0.05, 0.1) is 17.5 Å². The Kier molecular flexibility index (Phi) is 6.41. The molecule has 0 saturated carbocycles. The summed E-state index contributed by atoms with van der Waals surface area (Å²) in [6.07, 6.45) is 1.55. The van der Waals surface area contributed by atoms with Gasteiger partial charge in [-0.1, -0.05) is 0 Å². The van der Waals surface area contributed by atoms with Gasteiger partial charge in [0.25, 0.3) is 0 Å². The fourth-order valence-electron chi connectivity index (χ4n) is 3.29. The minimum atomic E-state index is -3.63. The van der Waals surface area contributed by atoms with Gasteiger partial charge in [-0.2, -0.15) is 5.10 Å². The number of sulfonamides is 1. The highest BCUT2D eigenvalue weighted by Gasteiger charge is 2.26. The highest BCUT2D eigenvalue weighted by Crippen LogP contribution is 2.23. The van der Waals surface area contributed by atoms with E-state index in [-0.39, 0.29) is 23.4 Å². The molecule has 0 aromatic carbocycles. The van der Waals surface area contributed by atoms with E-state index in [1.54, 1.807) is 18.5 Å². The molecule has 0 aliphatic carbocycles. The standard InChI is InChI=1S/C16H29N3O4S/c1-11(2)19-13(4)16(12(3)18-19)24(21,22)17-8-5-15(20)14-6-9-23-10-7-14/h11,14-15,17,20H,5-10H2,1-4H3/t15-/m0/s1. The van der Waals surface area contributed by atoms with E-state index in [9.17, 15) is 13.5 Å². The second kappa shape index (κ2) is 7.95. The van der Waals surface area contributed by atoms with Crippen molar-refractivity contribution in [2.45, 2.75) is 64.0 Å². The zero-order chi connectivity index (χ0) is 17.9. The summed E-state index contributed by atoms with van der Waals surface area (Å²) in [7, 11) is -3.63. The Morgan fingerprint density at radius 2 is 1.96 bits per heavy atom. The van der Waals surface area contributed by atoms with Gasteiger partial charge in [0, 0.05) is 25.8 Å². The van der Waals surface area contributed by atoms with Gasteiger partial charge in [-0.15, -0.1) is 0 Å². The third-order valence-corrected chi connectivity index (χ3v) is 6.27. The van der Waals surface area contributed by atoms with Crippen molar-refractivity contribution in [3.63, 3.8) is 0 Å². The average molecular weight is 359 g/mol. The summed E-state index contributed by atoms with van der Waals surface area (Å²) in [4.78, 5) is 0.247.